The molecule has 1 amide bonds. The van der Waals surface area contributed by atoms with E-state index in [0.717, 1.165) is 29.8 Å². The number of nitrogens with zero attached hydrogens (tertiary/aromatic N) is 1. The van der Waals surface area contributed by atoms with Crippen LogP contribution in [0.2, 0.25) is 0 Å². The Morgan fingerprint density at radius 1 is 1.15 bits per heavy atom. The molecule has 0 spiro atoms. The standard InChI is InChI=1S/C22H30N2O2/c1-5-20(26-21-16-17(2)12-13-18(21)3)22(25)23-14-9-15-24(4)19-10-7-6-8-11-19/h6-8,10-13,16,20H,5,9,14-15H2,1-4H3,(H,23,25)/t20-/m0/s1. The van der Waals surface area contributed by atoms with Crippen molar-refractivity contribution in [2.75, 3.05) is 25.0 Å². The van der Waals surface area contributed by atoms with Crippen LogP contribution >= 0.6 is 0 Å². The van der Waals surface area contributed by atoms with Gasteiger partial charge in [0.1, 0.15) is 5.75 Å². The fourth-order valence-corrected chi connectivity index (χ4v) is 2.76. The summed E-state index contributed by atoms with van der Waals surface area (Å²) in [5.74, 6) is 0.742. The van der Waals surface area contributed by atoms with Crippen LogP contribution in [0.15, 0.2) is 48.5 Å². The highest BCUT2D eigenvalue weighted by molar-refractivity contribution is 5.81. The van der Waals surface area contributed by atoms with Crippen molar-refractivity contribution in [2.45, 2.75) is 39.7 Å². The van der Waals surface area contributed by atoms with E-state index in [2.05, 4.69) is 29.4 Å². The lowest BCUT2D eigenvalue weighted by molar-refractivity contribution is -0.128. The Morgan fingerprint density at radius 2 is 1.88 bits per heavy atom. The smallest absolute Gasteiger partial charge is 0.261 e. The molecule has 0 saturated carbocycles. The van der Waals surface area contributed by atoms with Crippen LogP contribution in [0.3, 0.4) is 0 Å². The van der Waals surface area contributed by atoms with Crippen molar-refractivity contribution in [3.8, 4) is 5.75 Å². The van der Waals surface area contributed by atoms with Gasteiger partial charge in [0.2, 0.25) is 0 Å². The SMILES string of the molecule is CC[C@H](Oc1cc(C)ccc1C)C(=O)NCCCN(C)c1ccccc1. The second kappa shape index (κ2) is 9.85. The number of hydrogen-bond acceptors (Lipinski definition) is 3. The molecule has 26 heavy (non-hydrogen) atoms. The second-order valence-corrected chi connectivity index (χ2v) is 6.69. The lowest BCUT2D eigenvalue weighted by Crippen LogP contribution is -2.39. The van der Waals surface area contributed by atoms with Gasteiger partial charge >= 0.3 is 0 Å². The van der Waals surface area contributed by atoms with Crippen LogP contribution in [-0.4, -0.2) is 32.1 Å². The number of amides is 1. The maximum Gasteiger partial charge on any atom is 0.261 e. The largest absolute Gasteiger partial charge is 0.480 e. The summed E-state index contributed by atoms with van der Waals surface area (Å²) in [6.07, 6.45) is 1.07. The average molecular weight is 354 g/mol. The molecule has 0 aromatic heterocycles. The summed E-state index contributed by atoms with van der Waals surface area (Å²) in [7, 11) is 2.07. The van der Waals surface area contributed by atoms with E-state index in [-0.39, 0.29) is 5.91 Å². The fourth-order valence-electron chi connectivity index (χ4n) is 2.76. The minimum absolute atomic E-state index is 0.0456. The highest BCUT2D eigenvalue weighted by Crippen LogP contribution is 2.21. The zero-order chi connectivity index (χ0) is 18.9. The lowest BCUT2D eigenvalue weighted by Gasteiger charge is -2.21. The first kappa shape index (κ1) is 19.8. The van der Waals surface area contributed by atoms with E-state index < -0.39 is 6.10 Å². The van der Waals surface area contributed by atoms with Gasteiger partial charge < -0.3 is 15.0 Å². The molecule has 1 N–H and O–H groups in total. The first-order valence-electron chi connectivity index (χ1n) is 9.29. The van der Waals surface area contributed by atoms with Crippen LogP contribution in [0.5, 0.6) is 5.75 Å². The number of benzene rings is 2. The third kappa shape index (κ3) is 5.80. The van der Waals surface area contributed by atoms with Crippen molar-refractivity contribution in [2.24, 2.45) is 0 Å². The fraction of sp³-hybridized carbons (Fsp3) is 0.409. The minimum Gasteiger partial charge on any atom is -0.480 e. The maximum absolute atomic E-state index is 12.4. The number of aryl methyl sites for hydroxylation is 2. The molecule has 4 heteroatoms. The Bertz CT molecular complexity index is 701. The van der Waals surface area contributed by atoms with Gasteiger partial charge in [0.05, 0.1) is 0 Å². The molecule has 0 aliphatic heterocycles. The predicted octanol–water partition coefficient (Wildman–Crippen LogP) is 4.10. The van der Waals surface area contributed by atoms with Gasteiger partial charge in [-0.25, -0.2) is 0 Å². The third-order valence-electron chi connectivity index (χ3n) is 4.44. The lowest BCUT2D eigenvalue weighted by atomic mass is 10.1. The Balaban J connectivity index is 1.79. The predicted molar refractivity (Wildman–Crippen MR) is 108 cm³/mol. The van der Waals surface area contributed by atoms with Crippen LogP contribution in [0.25, 0.3) is 0 Å². The monoisotopic (exact) mass is 354 g/mol. The van der Waals surface area contributed by atoms with E-state index in [4.69, 9.17) is 4.74 Å². The molecule has 0 radical (unpaired) electrons. The van der Waals surface area contributed by atoms with Crippen molar-refractivity contribution >= 4 is 11.6 Å². The maximum atomic E-state index is 12.4. The summed E-state index contributed by atoms with van der Waals surface area (Å²) in [4.78, 5) is 14.6. The summed E-state index contributed by atoms with van der Waals surface area (Å²) >= 11 is 0. The molecule has 2 aromatic carbocycles. The van der Waals surface area contributed by atoms with Gasteiger partial charge in [-0.1, -0.05) is 37.3 Å². The normalized spacial score (nSPS) is 11.7. The summed E-state index contributed by atoms with van der Waals surface area (Å²) < 4.78 is 5.96. The van der Waals surface area contributed by atoms with Crippen molar-refractivity contribution in [1.29, 1.82) is 0 Å². The summed E-state index contributed by atoms with van der Waals surface area (Å²) in [6.45, 7) is 7.52. The number of rotatable bonds is 9. The number of carbonyl (C=O) groups excluding carboxylic acids is 1. The zero-order valence-electron chi connectivity index (χ0n) is 16.3. The number of nitrogens with one attached hydrogen (secondary N) is 1. The van der Waals surface area contributed by atoms with E-state index in [1.54, 1.807) is 0 Å². The first-order valence-corrected chi connectivity index (χ1v) is 9.29. The van der Waals surface area contributed by atoms with Gasteiger partial charge in [-0.2, -0.15) is 0 Å². The molecule has 0 saturated heterocycles. The van der Waals surface area contributed by atoms with Crippen LogP contribution in [0.1, 0.15) is 30.9 Å². The van der Waals surface area contributed by atoms with E-state index >= 15 is 0 Å². The van der Waals surface area contributed by atoms with Crippen LogP contribution in [0, 0.1) is 13.8 Å². The number of anilines is 1. The highest BCUT2D eigenvalue weighted by Gasteiger charge is 2.18. The summed E-state index contributed by atoms with van der Waals surface area (Å²) in [5, 5.41) is 3.00. The Morgan fingerprint density at radius 3 is 2.58 bits per heavy atom. The van der Waals surface area contributed by atoms with Gasteiger partial charge in [-0.3, -0.25) is 4.79 Å². The topological polar surface area (TPSA) is 41.6 Å². The molecule has 2 aromatic rings. The first-order chi connectivity index (χ1) is 12.5. The highest BCUT2D eigenvalue weighted by atomic mass is 16.5. The molecule has 0 bridgehead atoms. The molecule has 0 unspecified atom stereocenters. The second-order valence-electron chi connectivity index (χ2n) is 6.69. The molecule has 0 aliphatic rings. The Labute approximate surface area is 157 Å². The zero-order valence-corrected chi connectivity index (χ0v) is 16.3. The molecular formula is C22H30N2O2. The molecule has 0 aliphatic carbocycles. The van der Waals surface area contributed by atoms with E-state index in [0.29, 0.717) is 13.0 Å². The van der Waals surface area contributed by atoms with E-state index in [9.17, 15) is 4.79 Å². The van der Waals surface area contributed by atoms with Crippen molar-refractivity contribution in [1.82, 2.24) is 5.32 Å². The van der Waals surface area contributed by atoms with Crippen LogP contribution < -0.4 is 15.0 Å². The molecule has 0 heterocycles. The summed E-state index contributed by atoms with van der Waals surface area (Å²) in [6, 6.07) is 16.3. The van der Waals surface area contributed by atoms with Crippen LogP contribution in [0.4, 0.5) is 5.69 Å². The Hall–Kier alpha value is -2.49. The van der Waals surface area contributed by atoms with Gasteiger partial charge in [0.15, 0.2) is 6.10 Å². The van der Waals surface area contributed by atoms with Gasteiger partial charge in [-0.15, -0.1) is 0 Å². The molecule has 0 fully saturated rings. The van der Waals surface area contributed by atoms with Gasteiger partial charge in [0.25, 0.3) is 5.91 Å². The quantitative estimate of drug-likeness (QED) is 0.689. The molecular weight excluding hydrogens is 324 g/mol. The van der Waals surface area contributed by atoms with Crippen molar-refractivity contribution in [3.63, 3.8) is 0 Å². The number of para-hydroxylation sites is 1. The van der Waals surface area contributed by atoms with Crippen molar-refractivity contribution < 1.29 is 9.53 Å². The van der Waals surface area contributed by atoms with E-state index in [1.807, 2.05) is 57.2 Å². The molecule has 2 rings (SSSR count). The van der Waals surface area contributed by atoms with Crippen molar-refractivity contribution in [3.05, 3.63) is 59.7 Å². The van der Waals surface area contributed by atoms with Gasteiger partial charge in [-0.05, 0) is 56.0 Å². The van der Waals surface area contributed by atoms with E-state index in [1.165, 1.54) is 5.69 Å². The van der Waals surface area contributed by atoms with Crippen LogP contribution in [-0.2, 0) is 4.79 Å². The number of hydrogen-bond donors (Lipinski definition) is 1. The third-order valence-corrected chi connectivity index (χ3v) is 4.44. The molecule has 1 atom stereocenters. The molecule has 140 valence electrons. The van der Waals surface area contributed by atoms with Gasteiger partial charge in [0, 0.05) is 25.8 Å². The molecule has 4 nitrogen and oxygen atoms in total. The Kier molecular flexibility index (Phi) is 7.52. The number of carbonyl (C=O) groups is 1. The summed E-state index contributed by atoms with van der Waals surface area (Å²) in [5.41, 5.74) is 3.36. The average Bonchev–Trinajstić information content (AvgIpc) is 2.66. The number of ether oxygens (including phenoxy) is 1. The minimum atomic E-state index is -0.456.